The van der Waals surface area contributed by atoms with Crippen LogP contribution in [0, 0.1) is 6.92 Å². The summed E-state index contributed by atoms with van der Waals surface area (Å²) in [6, 6.07) is 9.26. The molecule has 0 saturated heterocycles. The van der Waals surface area contributed by atoms with Crippen LogP contribution in [0.3, 0.4) is 0 Å². The Balaban J connectivity index is 2.04. The number of fused-ring (bicyclic) bond motifs is 1. The van der Waals surface area contributed by atoms with Gasteiger partial charge in [0.2, 0.25) is 5.13 Å². The molecule has 1 aromatic carbocycles. The summed E-state index contributed by atoms with van der Waals surface area (Å²) in [6.45, 7) is 12.3. The number of amides is 2. The lowest BCUT2D eigenvalue weighted by Gasteiger charge is -2.27. The lowest BCUT2D eigenvalue weighted by atomic mass is 10.0. The Hall–Kier alpha value is -3.20. The van der Waals surface area contributed by atoms with Gasteiger partial charge in [0, 0.05) is 11.3 Å². The van der Waals surface area contributed by atoms with Gasteiger partial charge in [-0.15, -0.1) is 0 Å². The lowest BCUT2D eigenvalue weighted by molar-refractivity contribution is 0.0431. The van der Waals surface area contributed by atoms with Crippen molar-refractivity contribution in [3.05, 3.63) is 35.9 Å². The zero-order valence-electron chi connectivity index (χ0n) is 19.3. The summed E-state index contributed by atoms with van der Waals surface area (Å²) in [7, 11) is 0. The smallest absolute Gasteiger partial charge is 0.426 e. The van der Waals surface area contributed by atoms with Gasteiger partial charge >= 0.3 is 12.2 Å². The molecule has 0 fully saturated rings. The minimum absolute atomic E-state index is 0.127. The number of rotatable bonds is 2. The summed E-state index contributed by atoms with van der Waals surface area (Å²) >= 11 is 1.11. The van der Waals surface area contributed by atoms with E-state index in [0.29, 0.717) is 16.0 Å². The highest BCUT2D eigenvalue weighted by Crippen LogP contribution is 2.32. The van der Waals surface area contributed by atoms with Crippen molar-refractivity contribution in [2.45, 2.75) is 59.7 Å². The number of ether oxygens (including phenoxy) is 2. The van der Waals surface area contributed by atoms with Gasteiger partial charge in [0.15, 0.2) is 0 Å². The number of benzene rings is 1. The number of hydrogen-bond donors (Lipinski definition) is 1. The van der Waals surface area contributed by atoms with Gasteiger partial charge in [0.1, 0.15) is 21.5 Å². The largest absolute Gasteiger partial charge is 0.443 e. The number of nitrogen functional groups attached to an aromatic ring is 1. The minimum atomic E-state index is -0.861. The van der Waals surface area contributed by atoms with Crippen LogP contribution in [-0.2, 0) is 9.47 Å². The minimum Gasteiger partial charge on any atom is -0.443 e. The molecule has 0 spiro atoms. The highest BCUT2D eigenvalue weighted by atomic mass is 32.1. The van der Waals surface area contributed by atoms with E-state index >= 15 is 0 Å². The average molecular weight is 457 g/mol. The van der Waals surface area contributed by atoms with E-state index in [-0.39, 0.29) is 5.13 Å². The Kier molecular flexibility index (Phi) is 6.15. The van der Waals surface area contributed by atoms with E-state index < -0.39 is 23.4 Å². The molecule has 0 bridgehead atoms. The standard InChI is InChI=1S/C23H28N4O4S/c1-13-12-14(24)8-9-15(13)16-10-11-17-18(25-16)32-19(26-17)27(20(28)30-22(2,3)4)21(29)31-23(5,6)7/h8-12H,24H2,1-7H3. The van der Waals surface area contributed by atoms with Gasteiger partial charge in [-0.1, -0.05) is 17.4 Å². The van der Waals surface area contributed by atoms with Crippen molar-refractivity contribution in [3.8, 4) is 11.3 Å². The maximum atomic E-state index is 12.9. The second-order valence-electron chi connectivity index (χ2n) is 9.39. The fourth-order valence-electron chi connectivity index (χ4n) is 2.87. The normalized spacial score (nSPS) is 12.0. The highest BCUT2D eigenvalue weighted by molar-refractivity contribution is 7.22. The highest BCUT2D eigenvalue weighted by Gasteiger charge is 2.35. The van der Waals surface area contributed by atoms with Crippen LogP contribution in [-0.4, -0.2) is 33.4 Å². The van der Waals surface area contributed by atoms with E-state index in [4.69, 9.17) is 20.2 Å². The van der Waals surface area contributed by atoms with Crippen LogP contribution < -0.4 is 10.6 Å². The van der Waals surface area contributed by atoms with E-state index in [9.17, 15) is 9.59 Å². The zero-order chi connectivity index (χ0) is 23.8. The topological polar surface area (TPSA) is 108 Å². The molecule has 170 valence electrons. The molecule has 2 N–H and O–H groups in total. The molecule has 3 aromatic rings. The Morgan fingerprint density at radius 1 is 0.938 bits per heavy atom. The second kappa shape index (κ2) is 8.38. The Morgan fingerprint density at radius 3 is 2.06 bits per heavy atom. The third-order valence-electron chi connectivity index (χ3n) is 4.11. The van der Waals surface area contributed by atoms with Gasteiger partial charge in [-0.2, -0.15) is 4.90 Å². The predicted molar refractivity (Wildman–Crippen MR) is 127 cm³/mol. The molecule has 0 unspecified atom stereocenters. The summed E-state index contributed by atoms with van der Waals surface area (Å²) in [4.78, 5) is 36.3. The predicted octanol–water partition coefficient (Wildman–Crippen LogP) is 5.93. The molecule has 0 aliphatic rings. The molecule has 32 heavy (non-hydrogen) atoms. The molecule has 8 nitrogen and oxygen atoms in total. The summed E-state index contributed by atoms with van der Waals surface area (Å²) in [5.41, 5.74) is 8.16. The first-order valence-electron chi connectivity index (χ1n) is 10.1. The average Bonchev–Trinajstić information content (AvgIpc) is 3.00. The first kappa shape index (κ1) is 23.5. The number of nitrogens with two attached hydrogens (primary N) is 1. The van der Waals surface area contributed by atoms with Crippen LogP contribution in [0.1, 0.15) is 47.1 Å². The van der Waals surface area contributed by atoms with Gasteiger partial charge in [0.05, 0.1) is 5.69 Å². The maximum absolute atomic E-state index is 12.9. The molecule has 2 aromatic heterocycles. The monoisotopic (exact) mass is 456 g/mol. The van der Waals surface area contributed by atoms with Gasteiger partial charge in [-0.3, -0.25) is 0 Å². The van der Waals surface area contributed by atoms with Crippen molar-refractivity contribution < 1.29 is 19.1 Å². The van der Waals surface area contributed by atoms with Crippen molar-refractivity contribution >= 4 is 44.7 Å². The molecular weight excluding hydrogens is 428 g/mol. The number of pyridine rings is 1. The summed E-state index contributed by atoms with van der Waals surface area (Å²) in [6.07, 6.45) is -1.72. The second-order valence-corrected chi connectivity index (χ2v) is 10.3. The molecule has 2 amide bonds. The molecule has 9 heteroatoms. The van der Waals surface area contributed by atoms with Crippen molar-refractivity contribution in [1.82, 2.24) is 9.97 Å². The lowest BCUT2D eigenvalue weighted by Crippen LogP contribution is -2.43. The molecular formula is C23H28N4O4S. The molecule has 0 aliphatic carbocycles. The number of anilines is 2. The van der Waals surface area contributed by atoms with Crippen LogP contribution in [0.4, 0.5) is 20.4 Å². The van der Waals surface area contributed by atoms with Crippen molar-refractivity contribution in [2.75, 3.05) is 10.6 Å². The Bertz CT molecular complexity index is 1150. The van der Waals surface area contributed by atoms with Gasteiger partial charge in [-0.05, 0) is 78.3 Å². The molecule has 0 aliphatic heterocycles. The van der Waals surface area contributed by atoms with E-state index in [1.807, 2.05) is 31.2 Å². The fourth-order valence-corrected chi connectivity index (χ4v) is 3.79. The van der Waals surface area contributed by atoms with Gasteiger partial charge in [-0.25, -0.2) is 19.6 Å². The Morgan fingerprint density at radius 2 is 1.53 bits per heavy atom. The summed E-state index contributed by atoms with van der Waals surface area (Å²) in [5.74, 6) is 0. The molecule has 2 heterocycles. The number of hydrogen-bond acceptors (Lipinski definition) is 8. The number of carbonyl (C=O) groups excluding carboxylic acids is 2. The molecule has 0 radical (unpaired) electrons. The first-order valence-corrected chi connectivity index (χ1v) is 11.0. The van der Waals surface area contributed by atoms with Crippen molar-refractivity contribution in [3.63, 3.8) is 0 Å². The number of aromatic nitrogens is 2. The van der Waals surface area contributed by atoms with Crippen molar-refractivity contribution in [1.29, 1.82) is 0 Å². The quantitative estimate of drug-likeness (QED) is 0.476. The van der Waals surface area contributed by atoms with E-state index in [1.165, 1.54) is 0 Å². The number of aryl methyl sites for hydroxylation is 1. The SMILES string of the molecule is Cc1cc(N)ccc1-c1ccc2nc(N(C(=O)OC(C)(C)C)C(=O)OC(C)(C)C)sc2n1. The van der Waals surface area contributed by atoms with Gasteiger partial charge < -0.3 is 15.2 Å². The van der Waals surface area contributed by atoms with Crippen LogP contribution in [0.2, 0.25) is 0 Å². The van der Waals surface area contributed by atoms with E-state index in [0.717, 1.165) is 33.1 Å². The number of imide groups is 1. The third kappa shape index (κ3) is 5.53. The zero-order valence-corrected chi connectivity index (χ0v) is 20.2. The van der Waals surface area contributed by atoms with Crippen molar-refractivity contribution in [2.24, 2.45) is 0 Å². The number of nitrogens with zero attached hydrogens (tertiary/aromatic N) is 3. The molecule has 0 atom stereocenters. The fraction of sp³-hybridized carbons (Fsp3) is 0.391. The van der Waals surface area contributed by atoms with Gasteiger partial charge in [0.25, 0.3) is 0 Å². The first-order chi connectivity index (χ1) is 14.7. The van der Waals surface area contributed by atoms with Crippen LogP contribution in [0.15, 0.2) is 30.3 Å². The third-order valence-corrected chi connectivity index (χ3v) is 5.06. The number of carbonyl (C=O) groups is 2. The van der Waals surface area contributed by atoms with Crippen LogP contribution >= 0.6 is 11.3 Å². The van der Waals surface area contributed by atoms with Crippen LogP contribution in [0.5, 0.6) is 0 Å². The Labute approximate surface area is 191 Å². The van der Waals surface area contributed by atoms with E-state index in [1.54, 1.807) is 47.6 Å². The van der Waals surface area contributed by atoms with Crippen LogP contribution in [0.25, 0.3) is 21.6 Å². The summed E-state index contributed by atoms with van der Waals surface area (Å²) < 4.78 is 10.9. The molecule has 3 rings (SSSR count). The molecule has 0 saturated carbocycles. The summed E-state index contributed by atoms with van der Waals surface area (Å²) in [5, 5.41) is 0.127. The van der Waals surface area contributed by atoms with E-state index in [2.05, 4.69) is 4.98 Å². The number of thiazole rings is 1. The maximum Gasteiger partial charge on any atom is 0.426 e.